The van der Waals surface area contributed by atoms with Gasteiger partial charge in [-0.15, -0.1) is 0 Å². The Bertz CT molecular complexity index is 900. The number of benzene rings is 1. The van der Waals surface area contributed by atoms with Gasteiger partial charge in [-0.25, -0.2) is 0 Å². The van der Waals surface area contributed by atoms with Crippen molar-refractivity contribution in [1.82, 2.24) is 15.1 Å². The van der Waals surface area contributed by atoms with Crippen LogP contribution in [0.2, 0.25) is 5.02 Å². The lowest BCUT2D eigenvalue weighted by Gasteiger charge is -2.06. The molecule has 1 aliphatic carbocycles. The van der Waals surface area contributed by atoms with Crippen molar-refractivity contribution in [2.45, 2.75) is 33.2 Å². The lowest BCUT2D eigenvalue weighted by molar-refractivity contribution is -0.144. The summed E-state index contributed by atoms with van der Waals surface area (Å²) in [5.41, 5.74) is 3.61. The molecule has 1 fully saturated rings. The maximum atomic E-state index is 12.0. The fourth-order valence-corrected chi connectivity index (χ4v) is 3.01. The zero-order chi connectivity index (χ0) is 20.1. The minimum absolute atomic E-state index is 0.125. The standard InChI is InChI=1S/C21H24ClN3O3/c1-14-18(9-10-20(26)23-11-21(27)28-13-16-7-8-16)15(2)25(24-14)12-17-5-3-4-6-19(17)22/h3-6,9-10,16H,7-8,11-13H2,1-2H3,(H,23,26)/b10-9+. The first-order chi connectivity index (χ1) is 13.4. The summed E-state index contributed by atoms with van der Waals surface area (Å²) in [6, 6.07) is 7.64. The van der Waals surface area contributed by atoms with Gasteiger partial charge in [0.25, 0.3) is 0 Å². The number of amides is 1. The molecule has 1 heterocycles. The second-order valence-electron chi connectivity index (χ2n) is 7.01. The molecule has 1 N–H and O–H groups in total. The van der Waals surface area contributed by atoms with Crippen molar-refractivity contribution in [3.05, 3.63) is 57.9 Å². The summed E-state index contributed by atoms with van der Waals surface area (Å²) in [5, 5.41) is 7.79. The maximum Gasteiger partial charge on any atom is 0.325 e. The van der Waals surface area contributed by atoms with Crippen LogP contribution in [0.15, 0.2) is 30.3 Å². The summed E-state index contributed by atoms with van der Waals surface area (Å²) in [4.78, 5) is 23.6. The number of nitrogens with zero attached hydrogens (tertiary/aromatic N) is 2. The number of aryl methyl sites for hydroxylation is 1. The van der Waals surface area contributed by atoms with E-state index < -0.39 is 5.97 Å². The van der Waals surface area contributed by atoms with Crippen LogP contribution < -0.4 is 5.32 Å². The van der Waals surface area contributed by atoms with Crippen LogP contribution in [0.1, 0.15) is 35.4 Å². The lowest BCUT2D eigenvalue weighted by Crippen LogP contribution is -2.29. The number of carbonyl (C=O) groups excluding carboxylic acids is 2. The predicted octanol–water partition coefficient (Wildman–Crippen LogP) is 3.28. The normalized spacial score (nSPS) is 13.7. The number of halogens is 1. The minimum atomic E-state index is -0.409. The number of rotatable bonds is 8. The zero-order valence-corrected chi connectivity index (χ0v) is 16.8. The summed E-state index contributed by atoms with van der Waals surface area (Å²) in [6.45, 7) is 4.72. The monoisotopic (exact) mass is 401 g/mol. The van der Waals surface area contributed by atoms with Crippen LogP contribution in [0.5, 0.6) is 0 Å². The van der Waals surface area contributed by atoms with Crippen molar-refractivity contribution >= 4 is 29.6 Å². The summed E-state index contributed by atoms with van der Waals surface area (Å²) in [5.74, 6) is -0.248. The molecule has 0 aliphatic heterocycles. The number of hydrogen-bond acceptors (Lipinski definition) is 4. The van der Waals surface area contributed by atoms with Gasteiger partial charge in [-0.05, 0) is 50.3 Å². The van der Waals surface area contributed by atoms with Crippen LogP contribution in [-0.4, -0.2) is 34.8 Å². The third kappa shape index (κ3) is 5.45. The van der Waals surface area contributed by atoms with Crippen molar-refractivity contribution in [2.75, 3.05) is 13.2 Å². The SMILES string of the molecule is Cc1nn(Cc2ccccc2Cl)c(C)c1/C=C/C(=O)NCC(=O)OCC1CC1. The molecule has 28 heavy (non-hydrogen) atoms. The van der Waals surface area contributed by atoms with E-state index in [1.807, 2.05) is 42.8 Å². The predicted molar refractivity (Wildman–Crippen MR) is 108 cm³/mol. The zero-order valence-electron chi connectivity index (χ0n) is 16.1. The van der Waals surface area contributed by atoms with Gasteiger partial charge in [0.15, 0.2) is 0 Å². The Balaban J connectivity index is 1.57. The highest BCUT2D eigenvalue weighted by Gasteiger charge is 2.23. The van der Waals surface area contributed by atoms with Crippen molar-refractivity contribution in [2.24, 2.45) is 5.92 Å². The van der Waals surface area contributed by atoms with E-state index in [2.05, 4.69) is 10.4 Å². The van der Waals surface area contributed by atoms with Gasteiger partial charge in [-0.1, -0.05) is 29.8 Å². The second-order valence-corrected chi connectivity index (χ2v) is 7.42. The van der Waals surface area contributed by atoms with Gasteiger partial charge in [-0.3, -0.25) is 14.3 Å². The largest absolute Gasteiger partial charge is 0.464 e. The Labute approximate surface area is 169 Å². The average Bonchev–Trinajstić information content (AvgIpc) is 3.46. The molecule has 1 aromatic carbocycles. The smallest absolute Gasteiger partial charge is 0.325 e. The van der Waals surface area contributed by atoms with Gasteiger partial charge in [0.1, 0.15) is 6.54 Å². The van der Waals surface area contributed by atoms with Crippen molar-refractivity contribution in [1.29, 1.82) is 0 Å². The molecule has 0 bridgehead atoms. The van der Waals surface area contributed by atoms with Crippen molar-refractivity contribution in [3.63, 3.8) is 0 Å². The van der Waals surface area contributed by atoms with E-state index in [0.717, 1.165) is 35.4 Å². The molecule has 0 atom stereocenters. The Morgan fingerprint density at radius 2 is 2.07 bits per heavy atom. The van der Waals surface area contributed by atoms with E-state index in [-0.39, 0.29) is 12.5 Å². The Hall–Kier alpha value is -2.60. The first kappa shape index (κ1) is 20.1. The molecule has 1 saturated carbocycles. The van der Waals surface area contributed by atoms with E-state index in [1.54, 1.807) is 6.08 Å². The highest BCUT2D eigenvalue weighted by molar-refractivity contribution is 6.31. The average molecular weight is 402 g/mol. The Morgan fingerprint density at radius 1 is 1.32 bits per heavy atom. The molecule has 1 amide bonds. The van der Waals surface area contributed by atoms with E-state index >= 15 is 0 Å². The van der Waals surface area contributed by atoms with Gasteiger partial charge in [0.2, 0.25) is 5.91 Å². The number of ether oxygens (including phenoxy) is 1. The number of carbonyl (C=O) groups is 2. The molecule has 3 rings (SSSR count). The molecule has 0 saturated heterocycles. The fourth-order valence-electron chi connectivity index (χ4n) is 2.82. The van der Waals surface area contributed by atoms with E-state index in [9.17, 15) is 9.59 Å². The molecule has 6 nitrogen and oxygen atoms in total. The number of aromatic nitrogens is 2. The van der Waals surface area contributed by atoms with Gasteiger partial charge in [-0.2, -0.15) is 5.10 Å². The van der Waals surface area contributed by atoms with E-state index in [4.69, 9.17) is 16.3 Å². The third-order valence-corrected chi connectivity index (χ3v) is 5.07. The molecule has 7 heteroatoms. The quantitative estimate of drug-likeness (QED) is 0.544. The second kappa shape index (κ2) is 9.06. The van der Waals surface area contributed by atoms with Gasteiger partial charge >= 0.3 is 5.97 Å². The molecular weight excluding hydrogens is 378 g/mol. The van der Waals surface area contributed by atoms with Crippen molar-refractivity contribution in [3.8, 4) is 0 Å². The molecule has 2 aromatic rings. The molecule has 0 unspecified atom stereocenters. The van der Waals surface area contributed by atoms with Crippen LogP contribution in [0.4, 0.5) is 0 Å². The first-order valence-electron chi connectivity index (χ1n) is 9.33. The van der Waals surface area contributed by atoms with Crippen molar-refractivity contribution < 1.29 is 14.3 Å². The highest BCUT2D eigenvalue weighted by Crippen LogP contribution is 2.28. The van der Waals surface area contributed by atoms with Crippen LogP contribution in [0, 0.1) is 19.8 Å². The Kier molecular flexibility index (Phi) is 6.52. The maximum absolute atomic E-state index is 12.0. The minimum Gasteiger partial charge on any atom is -0.464 e. The van der Waals surface area contributed by atoms with Crippen LogP contribution >= 0.6 is 11.6 Å². The number of hydrogen-bond donors (Lipinski definition) is 1. The van der Waals surface area contributed by atoms with Gasteiger partial charge < -0.3 is 10.1 Å². The summed E-state index contributed by atoms with van der Waals surface area (Å²) >= 11 is 6.23. The van der Waals surface area contributed by atoms with E-state index in [1.165, 1.54) is 6.08 Å². The third-order valence-electron chi connectivity index (χ3n) is 4.70. The van der Waals surface area contributed by atoms with Crippen LogP contribution in [-0.2, 0) is 20.9 Å². The molecular formula is C21H24ClN3O3. The summed E-state index contributed by atoms with van der Waals surface area (Å²) < 4.78 is 6.95. The highest BCUT2D eigenvalue weighted by atomic mass is 35.5. The number of esters is 1. The summed E-state index contributed by atoms with van der Waals surface area (Å²) in [7, 11) is 0. The van der Waals surface area contributed by atoms with Gasteiger partial charge in [0.05, 0.1) is 18.8 Å². The Morgan fingerprint density at radius 3 is 2.79 bits per heavy atom. The summed E-state index contributed by atoms with van der Waals surface area (Å²) in [6.07, 6.45) is 5.35. The molecule has 0 radical (unpaired) electrons. The molecule has 1 aromatic heterocycles. The van der Waals surface area contributed by atoms with Gasteiger partial charge in [0, 0.05) is 22.4 Å². The first-order valence-corrected chi connectivity index (χ1v) is 9.70. The van der Waals surface area contributed by atoms with Crippen LogP contribution in [0.25, 0.3) is 6.08 Å². The van der Waals surface area contributed by atoms with E-state index in [0.29, 0.717) is 24.1 Å². The molecule has 148 valence electrons. The molecule has 0 spiro atoms. The van der Waals surface area contributed by atoms with Crippen LogP contribution in [0.3, 0.4) is 0 Å². The lowest BCUT2D eigenvalue weighted by atomic mass is 10.1. The number of nitrogens with one attached hydrogen (secondary N) is 1. The molecule has 1 aliphatic rings. The topological polar surface area (TPSA) is 73.2 Å². The fraction of sp³-hybridized carbons (Fsp3) is 0.381.